The van der Waals surface area contributed by atoms with E-state index in [-0.39, 0.29) is 28.6 Å². The molecule has 0 aliphatic carbocycles. The lowest BCUT2D eigenvalue weighted by Gasteiger charge is -2.28. The first kappa shape index (κ1) is 20.5. The van der Waals surface area contributed by atoms with Gasteiger partial charge in [-0.2, -0.15) is 0 Å². The van der Waals surface area contributed by atoms with Gasteiger partial charge < -0.3 is 15.3 Å². The molecule has 4 aromatic rings. The van der Waals surface area contributed by atoms with Crippen LogP contribution >= 0.6 is 0 Å². The van der Waals surface area contributed by atoms with E-state index in [4.69, 9.17) is 0 Å². The quantitative estimate of drug-likeness (QED) is 0.338. The molecule has 0 aliphatic rings. The fourth-order valence-electron chi connectivity index (χ4n) is 4.06. The van der Waals surface area contributed by atoms with Gasteiger partial charge in [-0.1, -0.05) is 74.5 Å². The highest BCUT2D eigenvalue weighted by Gasteiger charge is 2.25. The molecule has 31 heavy (non-hydrogen) atoms. The molecule has 0 spiro atoms. The predicted molar refractivity (Wildman–Crippen MR) is 124 cm³/mol. The van der Waals surface area contributed by atoms with Gasteiger partial charge in [0.25, 0.3) is 0 Å². The van der Waals surface area contributed by atoms with Crippen LogP contribution in [0.2, 0.25) is 0 Å². The molecule has 0 unspecified atom stereocenters. The molecular weight excluding hydrogens is 384 g/mol. The van der Waals surface area contributed by atoms with E-state index in [2.05, 4.69) is 38.1 Å². The van der Waals surface area contributed by atoms with Crippen molar-refractivity contribution in [3.8, 4) is 17.2 Å². The highest BCUT2D eigenvalue weighted by Crippen LogP contribution is 2.38. The smallest absolute Gasteiger partial charge is 0.115 e. The van der Waals surface area contributed by atoms with Crippen molar-refractivity contribution >= 4 is 0 Å². The molecule has 0 heterocycles. The molecule has 0 amide bonds. The third-order valence-corrected chi connectivity index (χ3v) is 5.98. The largest absolute Gasteiger partial charge is 0.508 e. The minimum absolute atomic E-state index is 0.0447. The Balaban J connectivity index is 1.81. The van der Waals surface area contributed by atoms with Crippen molar-refractivity contribution in [3.05, 3.63) is 125 Å². The van der Waals surface area contributed by atoms with Crippen molar-refractivity contribution in [2.75, 3.05) is 0 Å². The molecular formula is C28H26O3. The van der Waals surface area contributed by atoms with Crippen LogP contribution < -0.4 is 0 Å². The Morgan fingerprint density at radius 2 is 0.968 bits per heavy atom. The Morgan fingerprint density at radius 3 is 1.45 bits per heavy atom. The molecule has 3 nitrogen and oxygen atoms in total. The molecule has 0 aliphatic heterocycles. The molecule has 3 N–H and O–H groups in total. The lowest BCUT2D eigenvalue weighted by atomic mass is 9.76. The van der Waals surface area contributed by atoms with Crippen LogP contribution in [0.1, 0.15) is 47.6 Å². The lowest BCUT2D eigenvalue weighted by Crippen LogP contribution is -2.19. The first-order chi connectivity index (χ1) is 14.8. The van der Waals surface area contributed by atoms with Gasteiger partial charge in [0.2, 0.25) is 0 Å². The number of benzene rings is 4. The van der Waals surface area contributed by atoms with E-state index in [0.29, 0.717) is 0 Å². The summed E-state index contributed by atoms with van der Waals surface area (Å²) in [7, 11) is 0. The highest BCUT2D eigenvalue weighted by atomic mass is 16.3. The molecule has 3 heteroatoms. The van der Waals surface area contributed by atoms with Gasteiger partial charge >= 0.3 is 0 Å². The molecule has 4 rings (SSSR count). The molecule has 0 saturated carbocycles. The monoisotopic (exact) mass is 410 g/mol. The van der Waals surface area contributed by atoms with Crippen LogP contribution in [-0.4, -0.2) is 15.3 Å². The zero-order chi connectivity index (χ0) is 22.0. The number of phenolic OH excluding ortho intramolecular Hbond substituents is 3. The fourth-order valence-corrected chi connectivity index (χ4v) is 4.06. The van der Waals surface area contributed by atoms with Gasteiger partial charge in [0.1, 0.15) is 17.2 Å². The summed E-state index contributed by atoms with van der Waals surface area (Å²) >= 11 is 0. The fraction of sp³-hybridized carbons (Fsp3) is 0.143. The topological polar surface area (TPSA) is 60.7 Å². The molecule has 0 saturated heterocycles. The van der Waals surface area contributed by atoms with Crippen LogP contribution in [0, 0.1) is 0 Å². The maximum atomic E-state index is 9.76. The van der Waals surface area contributed by atoms with Crippen molar-refractivity contribution in [2.45, 2.75) is 25.2 Å². The average Bonchev–Trinajstić information content (AvgIpc) is 2.77. The van der Waals surface area contributed by atoms with E-state index in [9.17, 15) is 15.3 Å². The van der Waals surface area contributed by atoms with Gasteiger partial charge in [-0.3, -0.25) is 0 Å². The summed E-state index contributed by atoms with van der Waals surface area (Å²) in [6.45, 7) is 4.35. The minimum atomic E-state index is -0.252. The van der Waals surface area contributed by atoms with Crippen LogP contribution in [0.5, 0.6) is 17.2 Å². The summed E-state index contributed by atoms with van der Waals surface area (Å²) in [5.41, 5.74) is 5.27. The van der Waals surface area contributed by atoms with Crippen molar-refractivity contribution in [1.29, 1.82) is 0 Å². The summed E-state index contributed by atoms with van der Waals surface area (Å²) in [6, 6.07) is 30.4. The zero-order valence-corrected chi connectivity index (χ0v) is 17.7. The van der Waals surface area contributed by atoms with E-state index < -0.39 is 0 Å². The summed E-state index contributed by atoms with van der Waals surface area (Å²) in [4.78, 5) is 0. The third kappa shape index (κ3) is 4.26. The number of hydrogen-bond acceptors (Lipinski definition) is 3. The second kappa shape index (κ2) is 8.19. The van der Waals surface area contributed by atoms with Crippen LogP contribution in [0.3, 0.4) is 0 Å². The molecule has 0 fully saturated rings. The number of hydrogen-bond donors (Lipinski definition) is 3. The van der Waals surface area contributed by atoms with E-state index in [1.807, 2.05) is 36.4 Å². The predicted octanol–water partition coefficient (Wildman–Crippen LogP) is 6.31. The van der Waals surface area contributed by atoms with Gasteiger partial charge in [0.15, 0.2) is 0 Å². The van der Waals surface area contributed by atoms with Crippen molar-refractivity contribution in [1.82, 2.24) is 0 Å². The molecule has 0 atom stereocenters. The second-order valence-electron chi connectivity index (χ2n) is 8.41. The Morgan fingerprint density at radius 1 is 0.516 bits per heavy atom. The van der Waals surface area contributed by atoms with E-state index >= 15 is 0 Å². The Kier molecular flexibility index (Phi) is 5.43. The Bertz CT molecular complexity index is 1110. The second-order valence-corrected chi connectivity index (χ2v) is 8.41. The normalized spacial score (nSPS) is 11.6. The van der Waals surface area contributed by atoms with Gasteiger partial charge in [0, 0.05) is 11.3 Å². The maximum absolute atomic E-state index is 9.76. The van der Waals surface area contributed by atoms with Gasteiger partial charge in [-0.15, -0.1) is 0 Å². The number of aromatic hydroxyl groups is 3. The summed E-state index contributed by atoms with van der Waals surface area (Å²) in [6.07, 6.45) is 0. The maximum Gasteiger partial charge on any atom is 0.115 e. The molecule has 0 aromatic heterocycles. The summed E-state index contributed by atoms with van der Waals surface area (Å²) in [5.74, 6) is 0.677. The molecule has 156 valence electrons. The molecule has 4 aromatic carbocycles. The van der Waals surface area contributed by atoms with E-state index in [1.54, 1.807) is 36.4 Å². The van der Waals surface area contributed by atoms with E-state index in [0.717, 1.165) is 22.3 Å². The SMILES string of the molecule is CC(C)(c1ccc(O)cc1)c1cccc(C(c2ccc(O)cc2)c2ccc(O)cc2)c1. The highest BCUT2D eigenvalue weighted by molar-refractivity contribution is 5.48. The number of phenols is 3. The third-order valence-electron chi connectivity index (χ3n) is 5.98. The summed E-state index contributed by atoms with van der Waals surface area (Å²) in [5, 5.41) is 29.2. The van der Waals surface area contributed by atoms with Crippen LogP contribution in [0.25, 0.3) is 0 Å². The van der Waals surface area contributed by atoms with Crippen molar-refractivity contribution < 1.29 is 15.3 Å². The van der Waals surface area contributed by atoms with Gasteiger partial charge in [-0.05, 0) is 64.2 Å². The van der Waals surface area contributed by atoms with Crippen molar-refractivity contribution in [3.63, 3.8) is 0 Å². The average molecular weight is 411 g/mol. The Hall–Kier alpha value is -3.72. The summed E-state index contributed by atoms with van der Waals surface area (Å²) < 4.78 is 0. The Labute approximate surface area is 182 Å². The minimum Gasteiger partial charge on any atom is -0.508 e. The molecule has 0 radical (unpaired) electrons. The molecule has 0 bridgehead atoms. The zero-order valence-electron chi connectivity index (χ0n) is 17.7. The van der Waals surface area contributed by atoms with Crippen LogP contribution in [-0.2, 0) is 5.41 Å². The number of rotatable bonds is 5. The van der Waals surface area contributed by atoms with Gasteiger partial charge in [-0.25, -0.2) is 0 Å². The van der Waals surface area contributed by atoms with Crippen molar-refractivity contribution in [2.24, 2.45) is 0 Å². The first-order valence-corrected chi connectivity index (χ1v) is 10.3. The standard InChI is InChI=1S/C28H26O3/c1-28(2,22-10-16-26(31)17-11-22)23-5-3-4-21(18-23)27(19-6-12-24(29)13-7-19)20-8-14-25(30)15-9-20/h3-18,27,29-31H,1-2H3. The van der Waals surface area contributed by atoms with Crippen LogP contribution in [0.15, 0.2) is 97.1 Å². The first-order valence-electron chi connectivity index (χ1n) is 10.3. The van der Waals surface area contributed by atoms with Crippen LogP contribution in [0.4, 0.5) is 0 Å². The van der Waals surface area contributed by atoms with E-state index in [1.165, 1.54) is 5.56 Å². The van der Waals surface area contributed by atoms with Gasteiger partial charge in [0.05, 0.1) is 0 Å². The lowest BCUT2D eigenvalue weighted by molar-refractivity contribution is 0.474.